The highest BCUT2D eigenvalue weighted by Gasteiger charge is 2.15. The quantitative estimate of drug-likeness (QED) is 0.844. The molecule has 1 aromatic rings. The molecule has 1 amide bonds. The number of hydrogen-bond acceptors (Lipinski definition) is 4. The zero-order chi connectivity index (χ0) is 18.1. The van der Waals surface area contributed by atoms with E-state index < -0.39 is 11.7 Å². The molecular weight excluding hydrogens is 294 g/mol. The first-order valence-corrected chi connectivity index (χ1v) is 7.97. The second kappa shape index (κ2) is 14.9. The maximum Gasteiger partial charge on any atom is 0.407 e. The first-order valence-electron chi connectivity index (χ1n) is 7.97. The van der Waals surface area contributed by atoms with Crippen molar-refractivity contribution in [3.05, 3.63) is 36.4 Å². The lowest BCUT2D eigenvalue weighted by atomic mass is 10.2. The molecule has 0 aromatic heterocycles. The van der Waals surface area contributed by atoms with Gasteiger partial charge in [-0.15, -0.1) is 0 Å². The summed E-state index contributed by atoms with van der Waals surface area (Å²) in [5.74, 6) is -0.325. The molecule has 5 nitrogen and oxygen atoms in total. The van der Waals surface area contributed by atoms with Crippen molar-refractivity contribution in [2.75, 3.05) is 13.2 Å². The van der Waals surface area contributed by atoms with Gasteiger partial charge in [0.05, 0.1) is 13.0 Å². The van der Waals surface area contributed by atoms with Gasteiger partial charge in [0.15, 0.2) is 0 Å². The van der Waals surface area contributed by atoms with Gasteiger partial charge in [0.2, 0.25) is 0 Å². The fourth-order valence-corrected chi connectivity index (χ4v) is 1.20. The highest BCUT2D eigenvalue weighted by atomic mass is 16.6. The Morgan fingerprint density at radius 2 is 1.39 bits per heavy atom. The summed E-state index contributed by atoms with van der Waals surface area (Å²) in [5.41, 5.74) is -0.520. The number of carbonyl (C=O) groups is 2. The Hall–Kier alpha value is -2.04. The maximum atomic E-state index is 11.1. The van der Waals surface area contributed by atoms with E-state index >= 15 is 0 Å². The molecule has 0 saturated carbocycles. The number of rotatable bonds is 4. The predicted octanol–water partition coefficient (Wildman–Crippen LogP) is 4.18. The molecule has 0 atom stereocenters. The summed E-state index contributed by atoms with van der Waals surface area (Å²) in [6.07, 6.45) is -0.362. The highest BCUT2D eigenvalue weighted by molar-refractivity contribution is 5.71. The van der Waals surface area contributed by atoms with Crippen LogP contribution in [0.5, 0.6) is 0 Å². The minimum absolute atomic E-state index is 0.160. The lowest BCUT2D eigenvalue weighted by molar-refractivity contribution is -0.142. The van der Waals surface area contributed by atoms with E-state index in [0.717, 1.165) is 0 Å². The summed E-state index contributed by atoms with van der Waals surface area (Å²) in [7, 11) is 0. The zero-order valence-corrected chi connectivity index (χ0v) is 15.2. The van der Waals surface area contributed by atoms with Gasteiger partial charge in [-0.3, -0.25) is 4.79 Å². The van der Waals surface area contributed by atoms with Gasteiger partial charge in [0, 0.05) is 6.54 Å². The van der Waals surface area contributed by atoms with E-state index in [1.54, 1.807) is 27.7 Å². The van der Waals surface area contributed by atoms with Crippen molar-refractivity contribution in [1.82, 2.24) is 5.32 Å². The van der Waals surface area contributed by atoms with Crippen LogP contribution < -0.4 is 5.32 Å². The number of alkyl carbamates (subject to hydrolysis) is 1. The van der Waals surface area contributed by atoms with Crippen LogP contribution >= 0.6 is 0 Å². The average molecular weight is 325 g/mol. The monoisotopic (exact) mass is 325 g/mol. The second-order valence-electron chi connectivity index (χ2n) is 5.14. The largest absolute Gasteiger partial charge is 0.466 e. The molecule has 0 unspecified atom stereocenters. The van der Waals surface area contributed by atoms with Crippen LogP contribution in [0.1, 0.15) is 48.0 Å². The number of benzene rings is 1. The van der Waals surface area contributed by atoms with Gasteiger partial charge in [0.1, 0.15) is 5.60 Å². The number of hydrogen-bond donors (Lipinski definition) is 1. The van der Waals surface area contributed by atoms with Gasteiger partial charge in [-0.05, 0) is 27.7 Å². The van der Waals surface area contributed by atoms with E-state index in [2.05, 4.69) is 5.32 Å². The standard InChI is InChI=1S/C10H19NO4.C6H6.C2H6/c1-5-14-8(12)6-7-11-9(13)15-10(2,3)4;1-2-4-6-5-3-1;1-2/h5-7H2,1-4H3,(H,11,13);1-6H;1-2H3. The summed E-state index contributed by atoms with van der Waals surface area (Å²) in [6, 6.07) is 12.0. The topological polar surface area (TPSA) is 64.6 Å². The lowest BCUT2D eigenvalue weighted by Gasteiger charge is -2.19. The van der Waals surface area contributed by atoms with Crippen molar-refractivity contribution in [2.45, 2.75) is 53.6 Å². The van der Waals surface area contributed by atoms with Crippen LogP contribution in [0, 0.1) is 0 Å². The van der Waals surface area contributed by atoms with E-state index in [1.807, 2.05) is 50.2 Å². The average Bonchev–Trinajstić information content (AvgIpc) is 2.50. The third-order valence-corrected chi connectivity index (χ3v) is 1.97. The third-order valence-electron chi connectivity index (χ3n) is 1.97. The summed E-state index contributed by atoms with van der Waals surface area (Å²) >= 11 is 0. The van der Waals surface area contributed by atoms with Crippen molar-refractivity contribution in [2.24, 2.45) is 0 Å². The van der Waals surface area contributed by atoms with Crippen LogP contribution in [0.2, 0.25) is 0 Å². The van der Waals surface area contributed by atoms with Crippen LogP contribution in [0.15, 0.2) is 36.4 Å². The Bertz CT molecular complexity index is 373. The second-order valence-corrected chi connectivity index (χ2v) is 5.14. The van der Waals surface area contributed by atoms with Gasteiger partial charge in [0.25, 0.3) is 0 Å². The Balaban J connectivity index is 0. The number of amides is 1. The Morgan fingerprint density at radius 1 is 0.957 bits per heavy atom. The van der Waals surface area contributed by atoms with E-state index in [9.17, 15) is 9.59 Å². The molecule has 0 aliphatic heterocycles. The molecule has 1 N–H and O–H groups in total. The molecule has 5 heteroatoms. The molecule has 0 bridgehead atoms. The van der Waals surface area contributed by atoms with E-state index in [4.69, 9.17) is 9.47 Å². The highest BCUT2D eigenvalue weighted by Crippen LogP contribution is 2.06. The summed E-state index contributed by atoms with van der Waals surface area (Å²) in [6.45, 7) is 11.6. The molecule has 0 aliphatic carbocycles. The summed E-state index contributed by atoms with van der Waals surface area (Å²) < 4.78 is 9.67. The molecule has 0 spiro atoms. The number of carbonyl (C=O) groups excluding carboxylic acids is 2. The molecule has 0 saturated heterocycles. The van der Waals surface area contributed by atoms with Gasteiger partial charge in [-0.1, -0.05) is 50.2 Å². The van der Waals surface area contributed by atoms with Crippen molar-refractivity contribution >= 4 is 12.1 Å². The maximum absolute atomic E-state index is 11.1. The van der Waals surface area contributed by atoms with E-state index in [0.29, 0.717) is 6.61 Å². The van der Waals surface area contributed by atoms with Crippen LogP contribution in [0.4, 0.5) is 4.79 Å². The van der Waals surface area contributed by atoms with Crippen molar-refractivity contribution < 1.29 is 19.1 Å². The third kappa shape index (κ3) is 20.0. The fourth-order valence-electron chi connectivity index (χ4n) is 1.20. The minimum atomic E-state index is -0.521. The Morgan fingerprint density at radius 3 is 1.74 bits per heavy atom. The molecule has 1 aromatic carbocycles. The molecule has 0 fully saturated rings. The molecule has 132 valence electrons. The minimum Gasteiger partial charge on any atom is -0.466 e. The number of ether oxygens (including phenoxy) is 2. The molecule has 0 heterocycles. The van der Waals surface area contributed by atoms with Gasteiger partial charge in [-0.25, -0.2) is 4.79 Å². The zero-order valence-electron chi connectivity index (χ0n) is 15.2. The molecule has 0 radical (unpaired) electrons. The first kappa shape index (κ1) is 23.2. The van der Waals surface area contributed by atoms with E-state index in [-0.39, 0.29) is 18.9 Å². The first-order chi connectivity index (χ1) is 10.8. The summed E-state index contributed by atoms with van der Waals surface area (Å²) in [5, 5.41) is 2.47. The normalized spacial score (nSPS) is 9.30. The van der Waals surface area contributed by atoms with Crippen molar-refractivity contribution in [3.63, 3.8) is 0 Å². The van der Waals surface area contributed by atoms with Crippen molar-refractivity contribution in [1.29, 1.82) is 0 Å². The molecular formula is C18H31NO4. The van der Waals surface area contributed by atoms with Gasteiger partial charge >= 0.3 is 12.1 Å². The Kier molecular flexibility index (Phi) is 15.0. The molecule has 0 aliphatic rings. The SMILES string of the molecule is CC.CCOC(=O)CCNC(=O)OC(C)(C)C.c1ccccc1. The lowest BCUT2D eigenvalue weighted by Crippen LogP contribution is -2.33. The Labute approximate surface area is 140 Å². The number of nitrogens with one attached hydrogen (secondary N) is 1. The van der Waals surface area contributed by atoms with Crippen LogP contribution in [-0.2, 0) is 14.3 Å². The fraction of sp³-hybridized carbons (Fsp3) is 0.556. The van der Waals surface area contributed by atoms with Gasteiger partial charge < -0.3 is 14.8 Å². The van der Waals surface area contributed by atoms with Crippen LogP contribution in [0.3, 0.4) is 0 Å². The van der Waals surface area contributed by atoms with Gasteiger partial charge in [-0.2, -0.15) is 0 Å². The molecule has 1 rings (SSSR count). The van der Waals surface area contributed by atoms with Crippen LogP contribution in [0.25, 0.3) is 0 Å². The summed E-state index contributed by atoms with van der Waals surface area (Å²) in [4.78, 5) is 22.0. The molecule has 23 heavy (non-hydrogen) atoms. The van der Waals surface area contributed by atoms with E-state index in [1.165, 1.54) is 0 Å². The smallest absolute Gasteiger partial charge is 0.407 e. The number of esters is 1. The van der Waals surface area contributed by atoms with Crippen LogP contribution in [-0.4, -0.2) is 30.8 Å². The predicted molar refractivity (Wildman–Crippen MR) is 93.3 cm³/mol. The van der Waals surface area contributed by atoms with Crippen molar-refractivity contribution in [3.8, 4) is 0 Å².